The molecule has 2 aromatic carbocycles. The first-order chi connectivity index (χ1) is 30.9. The molecule has 7 rings (SSSR count). The SMILES string of the molecule is CC1(C)OCC(CN(C(=O)c2ccc(OC(F)F)c(OCC3CC3)c2)c2c(Cl)cncc2Cl)O1.O=C(c1ccc(OC(F)F)c(OCC2CC2)c1)N(CC(O)CO)c1c(Cl)cncc1Cl. The van der Waals surface area contributed by atoms with E-state index < -0.39 is 49.6 Å². The quantitative estimate of drug-likeness (QED) is 0.0858. The van der Waals surface area contributed by atoms with E-state index >= 15 is 0 Å². The molecule has 14 nitrogen and oxygen atoms in total. The van der Waals surface area contributed by atoms with Gasteiger partial charge in [0.25, 0.3) is 11.8 Å². The van der Waals surface area contributed by atoms with Gasteiger partial charge in [-0.15, -0.1) is 0 Å². The van der Waals surface area contributed by atoms with Crippen LogP contribution in [-0.4, -0.2) is 103 Å². The fourth-order valence-electron chi connectivity index (χ4n) is 6.39. The predicted octanol–water partition coefficient (Wildman–Crippen LogP) is 9.36. The van der Waals surface area contributed by atoms with Crippen LogP contribution < -0.4 is 28.7 Å². The molecule has 2 amide bonds. The lowest BCUT2D eigenvalue weighted by atomic mass is 10.1. The Bertz CT molecular complexity index is 2260. The Labute approximate surface area is 391 Å². The van der Waals surface area contributed by atoms with Crippen molar-refractivity contribution in [1.82, 2.24) is 9.97 Å². The maximum absolute atomic E-state index is 13.7. The number of nitrogens with zero attached hydrogens (tertiary/aromatic N) is 4. The summed E-state index contributed by atoms with van der Waals surface area (Å²) in [4.78, 5) is 37.2. The molecule has 1 aliphatic heterocycles. The van der Waals surface area contributed by atoms with Gasteiger partial charge < -0.3 is 48.4 Å². The zero-order chi connectivity index (χ0) is 47.0. The van der Waals surface area contributed by atoms with Gasteiger partial charge in [0, 0.05) is 35.9 Å². The Morgan fingerprint density at radius 2 is 1.17 bits per heavy atom. The number of halogens is 8. The van der Waals surface area contributed by atoms with Crippen LogP contribution in [-0.2, 0) is 9.47 Å². The number of anilines is 2. The maximum atomic E-state index is 13.7. The van der Waals surface area contributed by atoms with E-state index in [1.807, 2.05) is 0 Å². The van der Waals surface area contributed by atoms with Gasteiger partial charge in [-0.3, -0.25) is 19.6 Å². The van der Waals surface area contributed by atoms with E-state index in [9.17, 15) is 37.4 Å². The number of aliphatic hydroxyl groups is 2. The topological polar surface area (TPSA) is 162 Å². The predicted molar refractivity (Wildman–Crippen MR) is 232 cm³/mol. The largest absolute Gasteiger partial charge is 0.489 e. The second kappa shape index (κ2) is 22.4. The number of carbonyl (C=O) groups excluding carboxylic acids is 2. The van der Waals surface area contributed by atoms with Gasteiger partial charge >= 0.3 is 13.2 Å². The molecule has 2 unspecified atom stereocenters. The third kappa shape index (κ3) is 14.1. The van der Waals surface area contributed by atoms with Crippen LogP contribution >= 0.6 is 46.4 Å². The van der Waals surface area contributed by atoms with Crippen molar-refractivity contribution in [3.8, 4) is 23.0 Å². The Morgan fingerprint density at radius 1 is 0.738 bits per heavy atom. The summed E-state index contributed by atoms with van der Waals surface area (Å²) in [5.74, 6) is -1.52. The van der Waals surface area contributed by atoms with Gasteiger partial charge in [-0.05, 0) is 87.8 Å². The first-order valence-electron chi connectivity index (χ1n) is 20.2. The van der Waals surface area contributed by atoms with Gasteiger partial charge in [0.1, 0.15) is 6.10 Å². The van der Waals surface area contributed by atoms with E-state index in [-0.39, 0.29) is 85.3 Å². The molecule has 22 heteroatoms. The van der Waals surface area contributed by atoms with E-state index in [1.165, 1.54) is 66.1 Å². The van der Waals surface area contributed by atoms with Crippen LogP contribution in [0.25, 0.3) is 0 Å². The average molecular weight is 995 g/mol. The Morgan fingerprint density at radius 3 is 1.55 bits per heavy atom. The summed E-state index contributed by atoms with van der Waals surface area (Å²) < 4.78 is 83.2. The van der Waals surface area contributed by atoms with Gasteiger partial charge in [0.15, 0.2) is 28.8 Å². The minimum Gasteiger partial charge on any atom is -0.489 e. The first-order valence-corrected chi connectivity index (χ1v) is 21.7. The van der Waals surface area contributed by atoms with Crippen molar-refractivity contribution < 1.29 is 65.8 Å². The van der Waals surface area contributed by atoms with Crippen LogP contribution in [0.5, 0.6) is 23.0 Å². The number of carbonyl (C=O) groups is 2. The number of pyridine rings is 2. The number of ether oxygens (including phenoxy) is 6. The molecule has 2 aliphatic carbocycles. The van der Waals surface area contributed by atoms with E-state index in [1.54, 1.807) is 13.8 Å². The number of aromatic nitrogens is 2. The summed E-state index contributed by atoms with van der Waals surface area (Å²) >= 11 is 25.1. The molecule has 3 aliphatic rings. The molecule has 3 heterocycles. The zero-order valence-electron chi connectivity index (χ0n) is 34.8. The highest BCUT2D eigenvalue weighted by atomic mass is 35.5. The van der Waals surface area contributed by atoms with Crippen LogP contribution in [0.2, 0.25) is 20.1 Å². The van der Waals surface area contributed by atoms with Gasteiger partial charge in [0.2, 0.25) is 0 Å². The monoisotopic (exact) mass is 992 g/mol. The smallest absolute Gasteiger partial charge is 0.387 e. The van der Waals surface area contributed by atoms with Crippen molar-refractivity contribution in [1.29, 1.82) is 0 Å². The third-order valence-electron chi connectivity index (χ3n) is 9.90. The van der Waals surface area contributed by atoms with Crippen LogP contribution in [0.1, 0.15) is 60.2 Å². The third-order valence-corrected chi connectivity index (χ3v) is 11.0. The lowest BCUT2D eigenvalue weighted by molar-refractivity contribution is -0.137. The summed E-state index contributed by atoms with van der Waals surface area (Å²) in [6.45, 7) is -2.47. The second-order valence-corrected chi connectivity index (χ2v) is 17.2. The molecule has 4 aromatic rings. The van der Waals surface area contributed by atoms with Gasteiger partial charge in [-0.2, -0.15) is 17.6 Å². The molecule has 65 heavy (non-hydrogen) atoms. The summed E-state index contributed by atoms with van der Waals surface area (Å²) in [5, 5.41) is 19.6. The number of amides is 2. The minimum absolute atomic E-state index is 0.00683. The van der Waals surface area contributed by atoms with Crippen molar-refractivity contribution in [3.63, 3.8) is 0 Å². The number of alkyl halides is 4. The standard InChI is InChI=1S/C23H24Cl2F2N2O5.C20H20Cl2F2N2O5/c1-23(2)32-12-15(34-23)10-29(20-16(24)8-28-9-17(20)25)21(30)14-5-6-18(33-22(26)27)19(7-14)31-11-13-3-4-13;21-14-6-25-7-15(22)18(14)26(8-13(28)9-27)19(29)12-3-4-16(31-20(23)24)17(5-12)30-10-11-1-2-11/h5-9,13,15,22H,3-4,10-12H2,1-2H3;3-7,11,13,20,27-28H,1-2,8-10H2. The summed E-state index contributed by atoms with van der Waals surface area (Å²) in [6, 6.07) is 7.82. The van der Waals surface area contributed by atoms with Crippen molar-refractivity contribution >= 4 is 69.6 Å². The zero-order valence-corrected chi connectivity index (χ0v) is 37.8. The highest BCUT2D eigenvalue weighted by Gasteiger charge is 2.37. The molecule has 2 aromatic heterocycles. The highest BCUT2D eigenvalue weighted by molar-refractivity contribution is 6.40. The maximum Gasteiger partial charge on any atom is 0.387 e. The molecule has 0 bridgehead atoms. The van der Waals surface area contributed by atoms with E-state index in [4.69, 9.17) is 65.4 Å². The molecular formula is C43H44Cl4F4N4O10. The molecule has 0 radical (unpaired) electrons. The second-order valence-electron chi connectivity index (χ2n) is 15.6. The lowest BCUT2D eigenvalue weighted by Crippen LogP contribution is -2.39. The van der Waals surface area contributed by atoms with E-state index in [2.05, 4.69) is 19.4 Å². The summed E-state index contributed by atoms with van der Waals surface area (Å²) in [6.07, 6.45) is 7.56. The van der Waals surface area contributed by atoms with Crippen LogP contribution in [0, 0.1) is 11.8 Å². The van der Waals surface area contributed by atoms with Gasteiger partial charge in [-0.25, -0.2) is 0 Å². The Hall–Kier alpha value is -4.40. The molecule has 2 N–H and O–H groups in total. The van der Waals surface area contributed by atoms with Crippen molar-refractivity contribution in [2.45, 2.75) is 70.7 Å². The average Bonchev–Trinajstić information content (AvgIpc) is 4.20. The first kappa shape index (κ1) is 50.0. The normalized spacial score (nSPS) is 17.0. The van der Waals surface area contributed by atoms with E-state index in [0.29, 0.717) is 25.0 Å². The molecule has 352 valence electrons. The van der Waals surface area contributed by atoms with Crippen LogP contribution in [0.3, 0.4) is 0 Å². The minimum atomic E-state index is -3.06. The van der Waals surface area contributed by atoms with Crippen molar-refractivity contribution in [2.24, 2.45) is 11.8 Å². The van der Waals surface area contributed by atoms with Crippen LogP contribution in [0.4, 0.5) is 28.9 Å². The van der Waals surface area contributed by atoms with E-state index in [0.717, 1.165) is 30.6 Å². The molecule has 3 fully saturated rings. The lowest BCUT2D eigenvalue weighted by Gasteiger charge is -2.27. The highest BCUT2D eigenvalue weighted by Crippen LogP contribution is 2.40. The van der Waals surface area contributed by atoms with Crippen molar-refractivity contribution in [2.75, 3.05) is 49.3 Å². The molecular weight excluding hydrogens is 950 g/mol. The Balaban J connectivity index is 0.000000216. The number of aliphatic hydroxyl groups excluding tert-OH is 2. The van der Waals surface area contributed by atoms with Gasteiger partial charge in [-0.1, -0.05) is 46.4 Å². The summed E-state index contributed by atoms with van der Waals surface area (Å²) in [5.41, 5.74) is 0.574. The number of hydrogen-bond donors (Lipinski definition) is 2. The Kier molecular flexibility index (Phi) is 17.2. The molecule has 1 saturated heterocycles. The molecule has 2 atom stereocenters. The number of benzene rings is 2. The molecule has 0 spiro atoms. The number of hydrogen-bond acceptors (Lipinski definition) is 12. The number of rotatable bonds is 19. The van der Waals surface area contributed by atoms with Gasteiger partial charge in [0.05, 0.1) is 77.1 Å². The molecule has 2 saturated carbocycles. The van der Waals surface area contributed by atoms with Crippen LogP contribution in [0.15, 0.2) is 61.2 Å². The fraction of sp³-hybridized carbons (Fsp3) is 0.442. The van der Waals surface area contributed by atoms with Crippen molar-refractivity contribution in [3.05, 3.63) is 92.4 Å². The fourth-order valence-corrected chi connectivity index (χ4v) is 7.53. The summed E-state index contributed by atoms with van der Waals surface area (Å²) in [7, 11) is 0.